The normalized spacial score (nSPS) is 20.3. The number of benzene rings is 1. The number of amides is 3. The minimum atomic E-state index is -1.14. The summed E-state index contributed by atoms with van der Waals surface area (Å²) in [7, 11) is 2.02. The van der Waals surface area contributed by atoms with Crippen molar-refractivity contribution < 1.29 is 23.9 Å². The third-order valence-corrected chi connectivity index (χ3v) is 8.30. The fourth-order valence-corrected chi connectivity index (χ4v) is 5.77. The van der Waals surface area contributed by atoms with E-state index in [4.69, 9.17) is 0 Å². The number of halogens is 1. The van der Waals surface area contributed by atoms with Crippen molar-refractivity contribution in [2.24, 2.45) is 5.92 Å². The van der Waals surface area contributed by atoms with Gasteiger partial charge in [-0.1, -0.05) is 12.1 Å². The Morgan fingerprint density at radius 2 is 1.60 bits per heavy atom. The minimum absolute atomic E-state index is 0.0872. The van der Waals surface area contributed by atoms with Crippen LogP contribution in [-0.4, -0.2) is 108 Å². The predicted molar refractivity (Wildman–Crippen MR) is 156 cm³/mol. The number of hydrogen-bond acceptors (Lipinski definition) is 8. The van der Waals surface area contributed by atoms with Crippen molar-refractivity contribution >= 4 is 35.2 Å². The topological polar surface area (TPSA) is 134 Å². The molecule has 226 valence electrons. The van der Waals surface area contributed by atoms with Gasteiger partial charge in [-0.25, -0.2) is 19.6 Å². The molecule has 1 aromatic carbocycles. The molecule has 0 spiro atoms. The molecule has 4 heterocycles. The predicted octanol–water partition coefficient (Wildman–Crippen LogP) is 2.02. The average Bonchev–Trinajstić information content (AvgIpc) is 3.53. The summed E-state index contributed by atoms with van der Waals surface area (Å²) >= 11 is 0. The van der Waals surface area contributed by atoms with Crippen LogP contribution in [0.25, 0.3) is 0 Å². The molecule has 0 saturated carbocycles. The van der Waals surface area contributed by atoms with Crippen molar-refractivity contribution in [3.05, 3.63) is 42.0 Å². The van der Waals surface area contributed by atoms with E-state index in [-0.39, 0.29) is 30.7 Å². The van der Waals surface area contributed by atoms with Crippen LogP contribution in [0, 0.1) is 11.7 Å². The molecule has 3 aliphatic rings. The Morgan fingerprint density at radius 1 is 0.952 bits per heavy atom. The molecule has 3 aliphatic heterocycles. The highest BCUT2D eigenvalue weighted by molar-refractivity contribution is 5.89. The molecule has 1 aromatic heterocycles. The van der Waals surface area contributed by atoms with Crippen LogP contribution in [0.3, 0.4) is 0 Å². The maximum absolute atomic E-state index is 15.4. The molecule has 0 radical (unpaired) electrons. The van der Waals surface area contributed by atoms with Gasteiger partial charge >= 0.3 is 12.0 Å². The summed E-state index contributed by atoms with van der Waals surface area (Å²) in [4.78, 5) is 53.8. The maximum atomic E-state index is 15.4. The zero-order chi connectivity index (χ0) is 29.6. The second kappa shape index (κ2) is 13.3. The number of nitrogens with zero attached hydrogens (tertiary/aromatic N) is 6. The van der Waals surface area contributed by atoms with Gasteiger partial charge in [0.1, 0.15) is 12.4 Å². The van der Waals surface area contributed by atoms with Crippen LogP contribution in [0.1, 0.15) is 31.2 Å². The second-order valence-corrected chi connectivity index (χ2v) is 11.3. The number of hydrogen-bond donors (Lipinski definition) is 3. The molecule has 3 amide bonds. The molecule has 13 heteroatoms. The maximum Gasteiger partial charge on any atom is 0.326 e. The summed E-state index contributed by atoms with van der Waals surface area (Å²) in [6.45, 7) is 5.27. The number of carbonyl (C=O) groups is 3. The van der Waals surface area contributed by atoms with Crippen molar-refractivity contribution in [1.82, 2.24) is 25.1 Å². The lowest BCUT2D eigenvalue weighted by Gasteiger charge is -2.34. The summed E-state index contributed by atoms with van der Waals surface area (Å²) in [5.74, 6) is -2.03. The van der Waals surface area contributed by atoms with Crippen LogP contribution in [0.15, 0.2) is 30.6 Å². The Hall–Kier alpha value is -4.00. The fourth-order valence-electron chi connectivity index (χ4n) is 5.77. The monoisotopic (exact) mass is 582 g/mol. The van der Waals surface area contributed by atoms with Crippen LogP contribution in [-0.2, 0) is 16.0 Å². The summed E-state index contributed by atoms with van der Waals surface area (Å²) in [6, 6.07) is 5.67. The first-order chi connectivity index (χ1) is 20.3. The average molecular weight is 583 g/mol. The molecule has 3 saturated heterocycles. The van der Waals surface area contributed by atoms with Gasteiger partial charge in [-0.15, -0.1) is 0 Å². The van der Waals surface area contributed by atoms with Gasteiger partial charge in [-0.05, 0) is 50.4 Å². The third-order valence-electron chi connectivity index (χ3n) is 8.30. The lowest BCUT2D eigenvalue weighted by Crippen LogP contribution is -2.49. The molecule has 2 aromatic rings. The van der Waals surface area contributed by atoms with Crippen molar-refractivity contribution in [1.29, 1.82) is 0 Å². The molecule has 42 heavy (non-hydrogen) atoms. The molecule has 3 fully saturated rings. The van der Waals surface area contributed by atoms with Gasteiger partial charge in [0.05, 0.1) is 5.92 Å². The van der Waals surface area contributed by atoms with Gasteiger partial charge in [-0.3, -0.25) is 4.79 Å². The van der Waals surface area contributed by atoms with Gasteiger partial charge in [0.15, 0.2) is 11.6 Å². The van der Waals surface area contributed by atoms with Crippen molar-refractivity contribution in [3.63, 3.8) is 0 Å². The number of piperidine rings is 1. The number of aliphatic carboxylic acids is 1. The number of carboxylic acid groups (broad SMARTS) is 1. The van der Waals surface area contributed by atoms with Gasteiger partial charge < -0.3 is 35.3 Å². The van der Waals surface area contributed by atoms with E-state index in [1.807, 2.05) is 11.9 Å². The number of anilines is 3. The first-order valence-electron chi connectivity index (χ1n) is 14.7. The van der Waals surface area contributed by atoms with Gasteiger partial charge in [-0.2, -0.15) is 4.39 Å². The molecular weight excluding hydrogens is 543 g/mol. The number of aromatic nitrogens is 2. The van der Waals surface area contributed by atoms with E-state index >= 15 is 4.39 Å². The lowest BCUT2D eigenvalue weighted by atomic mass is 9.96. The molecule has 5 rings (SSSR count). The number of piperazine rings is 1. The van der Waals surface area contributed by atoms with E-state index < -0.39 is 23.7 Å². The lowest BCUT2D eigenvalue weighted by molar-refractivity contribution is -0.142. The summed E-state index contributed by atoms with van der Waals surface area (Å²) in [5.41, 5.74) is 1.33. The number of nitrogens with one attached hydrogen (secondary N) is 2. The van der Waals surface area contributed by atoms with E-state index in [2.05, 4.69) is 25.5 Å². The Bertz CT molecular complexity index is 1260. The van der Waals surface area contributed by atoms with E-state index in [9.17, 15) is 19.5 Å². The van der Waals surface area contributed by atoms with Crippen molar-refractivity contribution in [2.75, 3.05) is 74.5 Å². The zero-order valence-electron chi connectivity index (χ0n) is 24.0. The van der Waals surface area contributed by atoms with Gasteiger partial charge in [0, 0.05) is 64.5 Å². The smallest absolute Gasteiger partial charge is 0.326 e. The van der Waals surface area contributed by atoms with Crippen LogP contribution < -0.4 is 20.4 Å². The van der Waals surface area contributed by atoms with Crippen LogP contribution >= 0.6 is 0 Å². The largest absolute Gasteiger partial charge is 0.480 e. The second-order valence-electron chi connectivity index (χ2n) is 11.3. The quantitative estimate of drug-likeness (QED) is 0.427. The Labute approximate surface area is 244 Å². The SMILES string of the molecule is CN1CCN(C(=O)Nc2ccc(C[C@H](NC(=O)C3CCCN(c4ncnc(N5CCCC5)c4F)C3)C(=O)O)cc2)CC1. The Kier molecular flexibility index (Phi) is 9.35. The standard InChI is InChI=1S/C29H39FN8O4/c1-35-13-15-37(16-14-35)29(42)33-22-8-6-20(7-9-22)17-23(28(40)41)34-27(39)21-5-4-12-38(18-21)26-24(30)25(31-19-32-26)36-10-2-3-11-36/h6-9,19,21,23H,2-5,10-18H2,1H3,(H,33,42)(H,34,39)(H,40,41)/t21?,23-/m0/s1. The van der Waals surface area contributed by atoms with E-state index in [0.717, 1.165) is 39.0 Å². The van der Waals surface area contributed by atoms with E-state index in [1.165, 1.54) is 6.33 Å². The van der Waals surface area contributed by atoms with E-state index in [0.29, 0.717) is 49.5 Å². The molecule has 0 aliphatic carbocycles. The first kappa shape index (κ1) is 29.5. The first-order valence-corrected chi connectivity index (χ1v) is 14.7. The number of carboxylic acids is 1. The van der Waals surface area contributed by atoms with Crippen molar-refractivity contribution in [3.8, 4) is 0 Å². The summed E-state index contributed by atoms with van der Waals surface area (Å²) in [5, 5.41) is 15.4. The number of urea groups is 1. The Morgan fingerprint density at radius 3 is 2.26 bits per heavy atom. The number of rotatable bonds is 8. The highest BCUT2D eigenvalue weighted by Gasteiger charge is 2.32. The van der Waals surface area contributed by atoms with E-state index in [1.54, 1.807) is 34.1 Å². The Balaban J connectivity index is 1.17. The summed E-state index contributed by atoms with van der Waals surface area (Å²) in [6.07, 6.45) is 4.66. The van der Waals surface area contributed by atoms with Crippen LogP contribution in [0.5, 0.6) is 0 Å². The van der Waals surface area contributed by atoms with Crippen LogP contribution in [0.4, 0.5) is 26.5 Å². The zero-order valence-corrected chi connectivity index (χ0v) is 24.0. The highest BCUT2D eigenvalue weighted by atomic mass is 19.1. The summed E-state index contributed by atoms with van der Waals surface area (Å²) < 4.78 is 15.4. The van der Waals surface area contributed by atoms with Crippen LogP contribution in [0.2, 0.25) is 0 Å². The molecule has 0 bridgehead atoms. The van der Waals surface area contributed by atoms with Gasteiger partial charge in [0.2, 0.25) is 11.7 Å². The molecule has 12 nitrogen and oxygen atoms in total. The van der Waals surface area contributed by atoms with Gasteiger partial charge in [0.25, 0.3) is 0 Å². The van der Waals surface area contributed by atoms with Crippen molar-refractivity contribution in [2.45, 2.75) is 38.1 Å². The third kappa shape index (κ3) is 7.07. The molecule has 2 atom stereocenters. The number of likely N-dealkylation sites (N-methyl/N-ethyl adjacent to an activating group) is 1. The number of carbonyl (C=O) groups excluding carboxylic acids is 2. The minimum Gasteiger partial charge on any atom is -0.480 e. The molecular formula is C29H39FN8O4. The fraction of sp³-hybridized carbons (Fsp3) is 0.552. The molecule has 1 unspecified atom stereocenters. The molecule has 3 N–H and O–H groups in total. The highest BCUT2D eigenvalue weighted by Crippen LogP contribution is 2.29.